The van der Waals surface area contributed by atoms with Crippen molar-refractivity contribution < 1.29 is 33.6 Å². The quantitative estimate of drug-likeness (QED) is 0.190. The largest absolute Gasteiger partial charge is 0.444 e. The Morgan fingerprint density at radius 2 is 1.82 bits per heavy atom. The molecule has 2 fully saturated rings. The lowest BCUT2D eigenvalue weighted by Crippen LogP contribution is -2.61. The van der Waals surface area contributed by atoms with Gasteiger partial charge in [0.15, 0.2) is 0 Å². The van der Waals surface area contributed by atoms with Gasteiger partial charge in [0.1, 0.15) is 23.4 Å². The number of halogens is 1. The molecule has 0 bridgehead atoms. The van der Waals surface area contributed by atoms with Gasteiger partial charge in [-0.1, -0.05) is 11.6 Å². The Bertz CT molecular complexity index is 752. The van der Waals surface area contributed by atoms with Crippen LogP contribution in [0.2, 0.25) is 0 Å². The third-order valence-electron chi connectivity index (χ3n) is 6.30. The lowest BCUT2D eigenvalue weighted by molar-refractivity contribution is -0.170. The molecule has 0 aromatic carbocycles. The topological polar surface area (TPSA) is 119 Å². The first kappa shape index (κ1) is 28.7. The zero-order valence-corrected chi connectivity index (χ0v) is 22.2. The number of alkyl carbamates (subject to hydrolysis) is 2. The van der Waals surface area contributed by atoms with Crippen LogP contribution in [0.5, 0.6) is 0 Å². The number of aliphatic hydroxyl groups is 1. The molecule has 34 heavy (non-hydrogen) atoms. The van der Waals surface area contributed by atoms with E-state index in [1.807, 2.05) is 20.8 Å². The van der Waals surface area contributed by atoms with Gasteiger partial charge in [-0.3, -0.25) is 0 Å². The lowest BCUT2D eigenvalue weighted by atomic mass is 9.66. The van der Waals surface area contributed by atoms with Crippen LogP contribution in [0.25, 0.3) is 0 Å². The number of alkyl halides is 1. The molecule has 0 aromatic heterocycles. The predicted octanol–water partition coefficient (Wildman–Crippen LogP) is 3.51. The number of amides is 2. The van der Waals surface area contributed by atoms with Crippen LogP contribution in [0.4, 0.5) is 9.59 Å². The second-order valence-electron chi connectivity index (χ2n) is 10.6. The highest BCUT2D eigenvalue weighted by molar-refractivity contribution is 6.18. The number of carbonyl (C=O) groups excluding carboxylic acids is 2. The molecule has 0 aromatic rings. The number of methoxy groups -OCH3 is 1. The first-order valence-corrected chi connectivity index (χ1v) is 12.3. The van der Waals surface area contributed by atoms with Gasteiger partial charge in [0.05, 0.1) is 23.5 Å². The van der Waals surface area contributed by atoms with E-state index in [-0.39, 0.29) is 25.1 Å². The molecule has 6 atom stereocenters. The molecule has 2 aliphatic rings. The van der Waals surface area contributed by atoms with E-state index in [4.69, 9.17) is 30.5 Å². The molecule has 3 N–H and O–H groups in total. The summed E-state index contributed by atoms with van der Waals surface area (Å²) in [7, 11) is 1.54. The highest BCUT2D eigenvalue weighted by Gasteiger charge is 2.67. The summed E-state index contributed by atoms with van der Waals surface area (Å²) < 4.78 is 22.6. The average Bonchev–Trinajstić information content (AvgIpc) is 3.39. The van der Waals surface area contributed by atoms with Crippen LogP contribution < -0.4 is 10.6 Å². The second-order valence-corrected chi connectivity index (χ2v) is 10.8. The summed E-state index contributed by atoms with van der Waals surface area (Å²) >= 11 is 6.21. The fourth-order valence-corrected chi connectivity index (χ4v) is 4.95. The highest BCUT2D eigenvalue weighted by atomic mass is 35.5. The minimum Gasteiger partial charge on any atom is -0.444 e. The maximum atomic E-state index is 12.4. The van der Waals surface area contributed by atoms with E-state index in [1.54, 1.807) is 20.8 Å². The van der Waals surface area contributed by atoms with E-state index in [0.717, 1.165) is 6.42 Å². The second kappa shape index (κ2) is 11.5. The summed E-state index contributed by atoms with van der Waals surface area (Å²) in [5.41, 5.74) is -1.26. The molecule has 1 heterocycles. The number of allylic oxidation sites excluding steroid dienone is 1. The van der Waals surface area contributed by atoms with Crippen LogP contribution in [0.15, 0.2) is 11.6 Å². The van der Waals surface area contributed by atoms with E-state index in [9.17, 15) is 14.7 Å². The van der Waals surface area contributed by atoms with Crippen molar-refractivity contribution in [2.75, 3.05) is 26.1 Å². The van der Waals surface area contributed by atoms with Crippen LogP contribution in [-0.4, -0.2) is 78.5 Å². The summed E-state index contributed by atoms with van der Waals surface area (Å²) in [6.07, 6.45) is 1.14. The summed E-state index contributed by atoms with van der Waals surface area (Å²) in [6.45, 7) is 11.7. The molecule has 1 saturated heterocycles. The van der Waals surface area contributed by atoms with E-state index in [1.165, 1.54) is 12.7 Å². The highest BCUT2D eigenvalue weighted by Crippen LogP contribution is 2.54. The summed E-state index contributed by atoms with van der Waals surface area (Å²) in [4.78, 5) is 24.1. The summed E-state index contributed by atoms with van der Waals surface area (Å²) in [6, 6.07) is 0. The third kappa shape index (κ3) is 7.47. The molecule has 1 aliphatic heterocycles. The molecule has 6 unspecified atom stereocenters. The maximum absolute atomic E-state index is 12.4. The van der Waals surface area contributed by atoms with E-state index >= 15 is 0 Å². The Labute approximate surface area is 207 Å². The number of epoxide rings is 1. The average molecular weight is 505 g/mol. The van der Waals surface area contributed by atoms with Crippen molar-refractivity contribution in [3.8, 4) is 0 Å². The van der Waals surface area contributed by atoms with Crippen LogP contribution in [0.1, 0.15) is 60.8 Å². The minimum atomic E-state index is -1.20. The minimum absolute atomic E-state index is 0.0289. The Morgan fingerprint density at radius 3 is 2.35 bits per heavy atom. The summed E-state index contributed by atoms with van der Waals surface area (Å²) in [5, 5.41) is 16.5. The van der Waals surface area contributed by atoms with Gasteiger partial charge in [0, 0.05) is 20.2 Å². The zero-order valence-electron chi connectivity index (χ0n) is 21.4. The van der Waals surface area contributed by atoms with Gasteiger partial charge >= 0.3 is 12.2 Å². The first-order valence-electron chi connectivity index (χ1n) is 11.8. The van der Waals surface area contributed by atoms with Gasteiger partial charge < -0.3 is 34.7 Å². The van der Waals surface area contributed by atoms with Gasteiger partial charge in [0.2, 0.25) is 0 Å². The third-order valence-corrected chi connectivity index (χ3v) is 6.76. The predicted molar refractivity (Wildman–Crippen MR) is 129 cm³/mol. The Morgan fingerprint density at radius 1 is 1.21 bits per heavy atom. The molecule has 196 valence electrons. The molecule has 0 spiro atoms. The number of hydrogen-bond donors (Lipinski definition) is 3. The molecule has 1 aliphatic carbocycles. The van der Waals surface area contributed by atoms with Gasteiger partial charge in [-0.15, -0.1) is 11.6 Å². The monoisotopic (exact) mass is 504 g/mol. The standard InChI is InChI=1S/C24H41ClN2O7/c1-15(2)8-9-17-23(6,33-17)19-18(31-7)16(10-11-24(19,30)14-25)32-20(28)26-12-13-27-21(29)34-22(3,4)5/h8,16-19,30H,9-14H2,1-7H3,(H,26,28)(H,27,29). The molecule has 10 heteroatoms. The van der Waals surface area contributed by atoms with Crippen molar-refractivity contribution in [1.82, 2.24) is 10.6 Å². The molecule has 0 radical (unpaired) electrons. The van der Waals surface area contributed by atoms with Crippen molar-refractivity contribution in [3.63, 3.8) is 0 Å². The van der Waals surface area contributed by atoms with Crippen molar-refractivity contribution in [3.05, 3.63) is 11.6 Å². The maximum Gasteiger partial charge on any atom is 0.407 e. The fraction of sp³-hybridized carbons (Fsp3) is 0.833. The Balaban J connectivity index is 1.96. The normalized spacial score (nSPS) is 33.0. The van der Waals surface area contributed by atoms with Gasteiger partial charge in [-0.2, -0.15) is 0 Å². The van der Waals surface area contributed by atoms with E-state index in [2.05, 4.69) is 16.7 Å². The molecule has 9 nitrogen and oxygen atoms in total. The summed E-state index contributed by atoms with van der Waals surface area (Å²) in [5.74, 6) is -0.445. The van der Waals surface area contributed by atoms with Gasteiger partial charge in [-0.05, 0) is 60.8 Å². The Hall–Kier alpha value is -1.55. The van der Waals surface area contributed by atoms with Crippen molar-refractivity contribution >= 4 is 23.8 Å². The van der Waals surface area contributed by atoms with Crippen molar-refractivity contribution in [2.45, 2.75) is 95.9 Å². The van der Waals surface area contributed by atoms with Gasteiger partial charge in [0.25, 0.3) is 0 Å². The van der Waals surface area contributed by atoms with Crippen LogP contribution in [0, 0.1) is 5.92 Å². The number of hydrogen-bond acceptors (Lipinski definition) is 7. The van der Waals surface area contributed by atoms with Crippen molar-refractivity contribution in [2.24, 2.45) is 5.92 Å². The number of rotatable bonds is 9. The lowest BCUT2D eigenvalue weighted by Gasteiger charge is -2.48. The molecular formula is C24H41ClN2O7. The van der Waals surface area contributed by atoms with Crippen LogP contribution >= 0.6 is 11.6 Å². The molecular weight excluding hydrogens is 464 g/mol. The number of ether oxygens (including phenoxy) is 4. The fourth-order valence-electron chi connectivity index (χ4n) is 4.65. The zero-order chi connectivity index (χ0) is 25.7. The molecule has 2 rings (SSSR count). The number of nitrogens with one attached hydrogen (secondary N) is 2. The van der Waals surface area contributed by atoms with E-state index < -0.39 is 47.1 Å². The van der Waals surface area contributed by atoms with Crippen LogP contribution in [-0.2, 0) is 18.9 Å². The van der Waals surface area contributed by atoms with Gasteiger partial charge in [-0.25, -0.2) is 9.59 Å². The number of carbonyl (C=O) groups is 2. The molecule has 1 saturated carbocycles. The van der Waals surface area contributed by atoms with Crippen LogP contribution in [0.3, 0.4) is 0 Å². The Kier molecular flexibility index (Phi) is 9.67. The smallest absolute Gasteiger partial charge is 0.407 e. The first-order chi connectivity index (χ1) is 15.8. The SMILES string of the molecule is COC1C(OC(=O)NCCNC(=O)OC(C)(C)C)CCC(O)(CCl)C1C1(C)OC1CC=C(C)C. The van der Waals surface area contributed by atoms with E-state index in [0.29, 0.717) is 12.8 Å². The molecule has 2 amide bonds. The van der Waals surface area contributed by atoms with Crippen molar-refractivity contribution in [1.29, 1.82) is 0 Å².